The van der Waals surface area contributed by atoms with Gasteiger partial charge in [0, 0.05) is 18.2 Å². The number of carbonyl (C=O) groups excluding carboxylic acids is 3. The smallest absolute Gasteiger partial charge is 0.316 e. The Morgan fingerprint density at radius 3 is 2.72 bits per heavy atom. The van der Waals surface area contributed by atoms with Gasteiger partial charge in [-0.15, -0.1) is 11.8 Å². The van der Waals surface area contributed by atoms with Crippen molar-refractivity contribution in [3.8, 4) is 5.75 Å². The summed E-state index contributed by atoms with van der Waals surface area (Å²) in [5.41, 5.74) is 0.812. The lowest BCUT2D eigenvalue weighted by Crippen LogP contribution is -2.29. The third-order valence-electron chi connectivity index (χ3n) is 3.73. The third-order valence-corrected chi connectivity index (χ3v) is 4.85. The van der Waals surface area contributed by atoms with Crippen molar-refractivity contribution < 1.29 is 28.4 Å². The summed E-state index contributed by atoms with van der Waals surface area (Å²) in [7, 11) is 1.55. The first-order chi connectivity index (χ1) is 13.9. The molecule has 0 aliphatic rings. The van der Waals surface area contributed by atoms with E-state index >= 15 is 0 Å². The maximum absolute atomic E-state index is 12.0. The van der Waals surface area contributed by atoms with Crippen LogP contribution < -0.4 is 15.4 Å². The number of hydrogen-bond donors (Lipinski definition) is 2. The number of anilines is 1. The van der Waals surface area contributed by atoms with Gasteiger partial charge in [0.15, 0.2) is 12.4 Å². The molecular weight excluding hydrogens is 398 g/mol. The van der Waals surface area contributed by atoms with E-state index in [-0.39, 0.29) is 18.2 Å². The van der Waals surface area contributed by atoms with Gasteiger partial charge < -0.3 is 24.6 Å². The van der Waals surface area contributed by atoms with Gasteiger partial charge in [0.2, 0.25) is 5.91 Å². The molecule has 0 radical (unpaired) electrons. The van der Waals surface area contributed by atoms with Crippen LogP contribution in [-0.2, 0) is 25.7 Å². The first-order valence-electron chi connectivity index (χ1n) is 8.79. The minimum Gasteiger partial charge on any atom is -0.496 e. The van der Waals surface area contributed by atoms with Gasteiger partial charge in [-0.05, 0) is 19.9 Å². The molecule has 0 aliphatic carbocycles. The summed E-state index contributed by atoms with van der Waals surface area (Å²) < 4.78 is 15.0. The molecule has 2 rings (SSSR count). The molecule has 0 saturated heterocycles. The molecule has 0 unspecified atom stereocenters. The minimum absolute atomic E-state index is 0.0633. The Balaban J connectivity index is 1.65. The molecule has 10 heteroatoms. The Bertz CT molecular complexity index is 854. The van der Waals surface area contributed by atoms with E-state index in [9.17, 15) is 14.4 Å². The molecule has 0 fully saturated rings. The number of methoxy groups -OCH3 is 1. The van der Waals surface area contributed by atoms with Crippen molar-refractivity contribution in [1.29, 1.82) is 0 Å². The second kappa shape index (κ2) is 11.1. The van der Waals surface area contributed by atoms with Crippen LogP contribution in [0, 0.1) is 6.92 Å². The van der Waals surface area contributed by atoms with Gasteiger partial charge in [-0.2, -0.15) is 0 Å². The molecule has 1 aromatic heterocycles. The highest BCUT2D eigenvalue weighted by molar-refractivity contribution is 8.01. The van der Waals surface area contributed by atoms with E-state index in [1.54, 1.807) is 33.1 Å². The molecular formula is C19H23N3O6S. The first-order valence-corrected chi connectivity index (χ1v) is 9.84. The lowest BCUT2D eigenvalue weighted by molar-refractivity contribution is -0.145. The highest BCUT2D eigenvalue weighted by Gasteiger charge is 2.18. The Hall–Kier alpha value is -3.01. The highest BCUT2D eigenvalue weighted by atomic mass is 32.2. The number of amides is 2. The van der Waals surface area contributed by atoms with E-state index in [0.717, 1.165) is 17.3 Å². The molecule has 2 amide bonds. The van der Waals surface area contributed by atoms with Gasteiger partial charge in [-0.3, -0.25) is 14.4 Å². The summed E-state index contributed by atoms with van der Waals surface area (Å²) in [4.78, 5) is 35.7. The largest absolute Gasteiger partial charge is 0.496 e. The molecule has 1 heterocycles. The monoisotopic (exact) mass is 421 g/mol. The lowest BCUT2D eigenvalue weighted by atomic mass is 10.2. The summed E-state index contributed by atoms with van der Waals surface area (Å²) in [6.45, 7) is 3.23. The number of ether oxygens (including phenoxy) is 2. The number of para-hydroxylation sites is 1. The lowest BCUT2D eigenvalue weighted by Gasteiger charge is -2.11. The SMILES string of the molecule is COc1ccccc1CNC(=O)COC(=O)CS[C@H](C)C(=O)Nc1cc(C)on1. The quantitative estimate of drug-likeness (QED) is 0.558. The fourth-order valence-corrected chi connectivity index (χ4v) is 2.88. The molecule has 0 aliphatic heterocycles. The number of benzene rings is 1. The molecule has 0 saturated carbocycles. The molecule has 156 valence electrons. The molecule has 1 aromatic carbocycles. The number of aromatic nitrogens is 1. The number of rotatable bonds is 10. The van der Waals surface area contributed by atoms with Crippen molar-refractivity contribution in [2.75, 3.05) is 24.8 Å². The Morgan fingerprint density at radius 1 is 1.28 bits per heavy atom. The van der Waals surface area contributed by atoms with E-state index in [0.29, 0.717) is 17.3 Å². The maximum Gasteiger partial charge on any atom is 0.316 e. The standard InChI is InChI=1S/C19H23N3O6S/c1-12-8-16(22-28-12)21-19(25)13(2)29-11-18(24)27-10-17(23)20-9-14-6-4-5-7-15(14)26-3/h4-8,13H,9-11H2,1-3H3,(H,20,23)(H,21,22,25)/t13-/m1/s1. The van der Waals surface area contributed by atoms with Gasteiger partial charge in [0.25, 0.3) is 5.91 Å². The van der Waals surface area contributed by atoms with Crippen LogP contribution in [0.3, 0.4) is 0 Å². The van der Waals surface area contributed by atoms with E-state index < -0.39 is 23.7 Å². The van der Waals surface area contributed by atoms with E-state index in [1.807, 2.05) is 18.2 Å². The van der Waals surface area contributed by atoms with Gasteiger partial charge in [0.1, 0.15) is 11.5 Å². The van der Waals surface area contributed by atoms with Crippen LogP contribution in [0.4, 0.5) is 5.82 Å². The van der Waals surface area contributed by atoms with Gasteiger partial charge in [-0.1, -0.05) is 23.4 Å². The number of hydrogen-bond acceptors (Lipinski definition) is 8. The number of aryl methyl sites for hydroxylation is 1. The van der Waals surface area contributed by atoms with E-state index in [1.165, 1.54) is 0 Å². The second-order valence-electron chi connectivity index (χ2n) is 6.01. The topological polar surface area (TPSA) is 120 Å². The van der Waals surface area contributed by atoms with Gasteiger partial charge >= 0.3 is 5.97 Å². The van der Waals surface area contributed by atoms with Crippen LogP contribution in [0.5, 0.6) is 5.75 Å². The van der Waals surface area contributed by atoms with Crippen LogP contribution >= 0.6 is 11.8 Å². The molecule has 2 N–H and O–H groups in total. The summed E-state index contributed by atoms with van der Waals surface area (Å²) in [5, 5.41) is 8.40. The molecule has 0 bridgehead atoms. The molecule has 1 atom stereocenters. The zero-order chi connectivity index (χ0) is 21.2. The number of carbonyl (C=O) groups is 3. The fraction of sp³-hybridized carbons (Fsp3) is 0.368. The van der Waals surface area contributed by atoms with Crippen molar-refractivity contribution in [3.63, 3.8) is 0 Å². The summed E-state index contributed by atoms with van der Waals surface area (Å²) in [6.07, 6.45) is 0. The average molecular weight is 421 g/mol. The van der Waals surface area contributed by atoms with Crippen LogP contribution in [0.25, 0.3) is 0 Å². The van der Waals surface area contributed by atoms with Crippen molar-refractivity contribution >= 4 is 35.4 Å². The third kappa shape index (κ3) is 7.49. The first kappa shape index (κ1) is 22.3. The molecule has 9 nitrogen and oxygen atoms in total. The normalized spacial score (nSPS) is 11.4. The predicted octanol–water partition coefficient (Wildman–Crippen LogP) is 1.91. The number of thioether (sulfide) groups is 1. The van der Waals surface area contributed by atoms with E-state index in [4.69, 9.17) is 14.0 Å². The summed E-state index contributed by atoms with van der Waals surface area (Å²) in [5.74, 6) is 0.162. The van der Waals surface area contributed by atoms with Crippen LogP contribution in [0.1, 0.15) is 18.2 Å². The number of nitrogens with one attached hydrogen (secondary N) is 2. The molecule has 2 aromatic rings. The number of nitrogens with zero attached hydrogens (tertiary/aromatic N) is 1. The molecule has 29 heavy (non-hydrogen) atoms. The highest BCUT2D eigenvalue weighted by Crippen LogP contribution is 2.17. The van der Waals surface area contributed by atoms with Gasteiger partial charge in [0.05, 0.1) is 18.1 Å². The summed E-state index contributed by atoms with van der Waals surface area (Å²) in [6, 6.07) is 8.88. The maximum atomic E-state index is 12.0. The van der Waals surface area contributed by atoms with Crippen molar-refractivity contribution in [3.05, 3.63) is 41.7 Å². The number of esters is 1. The van der Waals surface area contributed by atoms with Crippen LogP contribution in [0.2, 0.25) is 0 Å². The van der Waals surface area contributed by atoms with Crippen molar-refractivity contribution in [1.82, 2.24) is 10.5 Å². The van der Waals surface area contributed by atoms with Crippen LogP contribution in [0.15, 0.2) is 34.9 Å². The Kier molecular flexibility index (Phi) is 8.53. The molecule has 0 spiro atoms. The zero-order valence-electron chi connectivity index (χ0n) is 16.4. The van der Waals surface area contributed by atoms with Crippen LogP contribution in [-0.4, -0.2) is 47.7 Å². The Labute approximate surface area is 172 Å². The zero-order valence-corrected chi connectivity index (χ0v) is 17.2. The predicted molar refractivity (Wildman–Crippen MR) is 108 cm³/mol. The van der Waals surface area contributed by atoms with E-state index in [2.05, 4.69) is 15.8 Å². The Morgan fingerprint density at radius 2 is 2.03 bits per heavy atom. The van der Waals surface area contributed by atoms with Crippen molar-refractivity contribution in [2.45, 2.75) is 25.6 Å². The minimum atomic E-state index is -0.584. The average Bonchev–Trinajstić information content (AvgIpc) is 3.13. The summed E-state index contributed by atoms with van der Waals surface area (Å²) >= 11 is 1.09. The fourth-order valence-electron chi connectivity index (χ4n) is 2.20. The van der Waals surface area contributed by atoms with Gasteiger partial charge in [-0.25, -0.2) is 0 Å². The van der Waals surface area contributed by atoms with Crippen molar-refractivity contribution in [2.24, 2.45) is 0 Å². The second-order valence-corrected chi connectivity index (χ2v) is 7.34.